The van der Waals surface area contributed by atoms with Crippen LogP contribution in [0.1, 0.15) is 28.5 Å². The number of H-pyrrole nitrogens is 1. The lowest BCUT2D eigenvalue weighted by Gasteiger charge is -2.13. The van der Waals surface area contributed by atoms with Crippen LogP contribution in [0.5, 0.6) is 0 Å². The monoisotopic (exact) mass is 289 g/mol. The summed E-state index contributed by atoms with van der Waals surface area (Å²) < 4.78 is 2.93. The van der Waals surface area contributed by atoms with Gasteiger partial charge in [-0.15, -0.1) is 11.3 Å². The fraction of sp³-hybridized carbons (Fsp3) is 0.286. The highest BCUT2D eigenvalue weighted by molar-refractivity contribution is 7.71. The van der Waals surface area contributed by atoms with Gasteiger partial charge in [-0.05, 0) is 45.1 Å². The molecule has 98 valence electrons. The number of fused-ring (bicyclic) bond motifs is 1. The largest absolute Gasteiger partial charge is 0.331 e. The maximum absolute atomic E-state index is 5.47. The second-order valence-corrected chi connectivity index (χ2v) is 6.30. The molecule has 0 aliphatic heterocycles. The van der Waals surface area contributed by atoms with Crippen molar-refractivity contribution in [3.05, 3.63) is 44.6 Å². The Labute approximate surface area is 120 Å². The highest BCUT2D eigenvalue weighted by Gasteiger charge is 2.17. The molecule has 0 radical (unpaired) electrons. The number of benzene rings is 1. The number of aromatic nitrogens is 3. The van der Waals surface area contributed by atoms with Gasteiger partial charge in [0.15, 0.2) is 4.77 Å². The van der Waals surface area contributed by atoms with Crippen LogP contribution in [0.3, 0.4) is 0 Å². The molecule has 0 fully saturated rings. The van der Waals surface area contributed by atoms with Gasteiger partial charge < -0.3 is 9.55 Å². The number of aryl methyl sites for hydroxylation is 2. The summed E-state index contributed by atoms with van der Waals surface area (Å²) in [5, 5.41) is 1.10. The molecule has 0 aliphatic rings. The first-order valence-corrected chi connectivity index (χ1v) is 7.43. The fourth-order valence-electron chi connectivity index (χ4n) is 2.51. The van der Waals surface area contributed by atoms with Crippen molar-refractivity contribution < 1.29 is 0 Å². The number of thiazole rings is 1. The van der Waals surface area contributed by atoms with Crippen LogP contribution >= 0.6 is 23.6 Å². The average Bonchev–Trinajstić information content (AvgIpc) is 2.87. The zero-order valence-corrected chi connectivity index (χ0v) is 12.7. The summed E-state index contributed by atoms with van der Waals surface area (Å²) in [4.78, 5) is 9.05. The Bertz CT molecular complexity index is 794. The number of hydrogen-bond donors (Lipinski definition) is 1. The van der Waals surface area contributed by atoms with Crippen LogP contribution in [0, 0.1) is 18.6 Å². The third kappa shape index (κ3) is 2.03. The van der Waals surface area contributed by atoms with Crippen LogP contribution in [-0.2, 0) is 0 Å². The lowest BCUT2D eigenvalue weighted by molar-refractivity contribution is 0.655. The van der Waals surface area contributed by atoms with Crippen molar-refractivity contribution in [1.29, 1.82) is 0 Å². The summed E-state index contributed by atoms with van der Waals surface area (Å²) in [5.74, 6) is 0. The van der Waals surface area contributed by atoms with Crippen molar-refractivity contribution in [1.82, 2.24) is 14.5 Å². The zero-order valence-electron chi connectivity index (χ0n) is 11.1. The maximum Gasteiger partial charge on any atom is 0.178 e. The van der Waals surface area contributed by atoms with Gasteiger partial charge in [0.05, 0.1) is 32.7 Å². The summed E-state index contributed by atoms with van der Waals surface area (Å²) >= 11 is 7.22. The van der Waals surface area contributed by atoms with E-state index in [2.05, 4.69) is 40.5 Å². The van der Waals surface area contributed by atoms with Gasteiger partial charge in [-0.2, -0.15) is 0 Å². The first-order valence-electron chi connectivity index (χ1n) is 6.21. The second-order valence-electron chi connectivity index (χ2n) is 4.68. The minimum atomic E-state index is 0.204. The molecule has 3 nitrogen and oxygen atoms in total. The number of nitrogens with zero attached hydrogens (tertiary/aromatic N) is 2. The zero-order chi connectivity index (χ0) is 13.6. The topological polar surface area (TPSA) is 33.6 Å². The predicted molar refractivity (Wildman–Crippen MR) is 82.5 cm³/mol. The van der Waals surface area contributed by atoms with Gasteiger partial charge in [0, 0.05) is 0 Å². The number of nitrogens with one attached hydrogen (secondary N) is 1. The molecule has 1 atom stereocenters. The van der Waals surface area contributed by atoms with Gasteiger partial charge in [0.2, 0.25) is 0 Å². The first kappa shape index (κ1) is 12.6. The molecular formula is C14H15N3S2. The molecular weight excluding hydrogens is 274 g/mol. The standard InChI is InChI=1S/C14H15N3S2/c1-8-13(19-10(3)15-8)9(2)17-12-7-5-4-6-11(12)16-14(17)18/h4-7,9H,1-3H3,(H,16,18). The lowest BCUT2D eigenvalue weighted by atomic mass is 10.2. The molecule has 1 unspecified atom stereocenters. The maximum atomic E-state index is 5.47. The normalized spacial score (nSPS) is 13.0. The minimum Gasteiger partial charge on any atom is -0.331 e. The second kappa shape index (κ2) is 4.58. The number of imidazole rings is 1. The van der Waals surface area contributed by atoms with E-state index in [0.717, 1.165) is 26.5 Å². The molecule has 19 heavy (non-hydrogen) atoms. The SMILES string of the molecule is Cc1nc(C)c(C(C)n2c(=S)[nH]c3ccccc32)s1. The molecule has 2 aromatic heterocycles. The number of rotatable bonds is 2. The third-order valence-corrected chi connectivity index (χ3v) is 4.87. The molecule has 0 saturated heterocycles. The summed E-state index contributed by atoms with van der Waals surface area (Å²) in [5.41, 5.74) is 3.32. The van der Waals surface area contributed by atoms with Gasteiger partial charge in [-0.1, -0.05) is 12.1 Å². The Morgan fingerprint density at radius 1 is 1.32 bits per heavy atom. The number of hydrogen-bond acceptors (Lipinski definition) is 3. The highest BCUT2D eigenvalue weighted by Crippen LogP contribution is 2.30. The van der Waals surface area contributed by atoms with Crippen LogP contribution in [0.2, 0.25) is 0 Å². The predicted octanol–water partition coefficient (Wildman–Crippen LogP) is 4.38. The van der Waals surface area contributed by atoms with Crippen molar-refractivity contribution in [3.8, 4) is 0 Å². The summed E-state index contributed by atoms with van der Waals surface area (Å²) in [6, 6.07) is 8.42. The van der Waals surface area contributed by atoms with E-state index in [0.29, 0.717) is 0 Å². The molecule has 0 amide bonds. The molecule has 0 aliphatic carbocycles. The molecule has 0 bridgehead atoms. The Morgan fingerprint density at radius 3 is 2.74 bits per heavy atom. The highest BCUT2D eigenvalue weighted by atomic mass is 32.1. The van der Waals surface area contributed by atoms with Gasteiger partial charge in [-0.3, -0.25) is 0 Å². The van der Waals surface area contributed by atoms with Gasteiger partial charge >= 0.3 is 0 Å². The molecule has 3 rings (SSSR count). The molecule has 5 heteroatoms. The summed E-state index contributed by atoms with van der Waals surface area (Å²) in [6.45, 7) is 6.28. The quantitative estimate of drug-likeness (QED) is 0.710. The molecule has 0 spiro atoms. The van der Waals surface area contributed by atoms with E-state index >= 15 is 0 Å². The van der Waals surface area contributed by atoms with Crippen LogP contribution < -0.4 is 0 Å². The minimum absolute atomic E-state index is 0.204. The summed E-state index contributed by atoms with van der Waals surface area (Å²) in [6.07, 6.45) is 0. The fourth-order valence-corrected chi connectivity index (χ4v) is 3.85. The molecule has 1 aromatic carbocycles. The van der Waals surface area contributed by atoms with E-state index in [9.17, 15) is 0 Å². The van der Waals surface area contributed by atoms with E-state index in [-0.39, 0.29) is 6.04 Å². The number of para-hydroxylation sites is 2. The van der Waals surface area contributed by atoms with Gasteiger partial charge in [-0.25, -0.2) is 4.98 Å². The Morgan fingerprint density at radius 2 is 2.05 bits per heavy atom. The Hall–Kier alpha value is -1.46. The van der Waals surface area contributed by atoms with Gasteiger partial charge in [0.1, 0.15) is 0 Å². The lowest BCUT2D eigenvalue weighted by Crippen LogP contribution is -2.06. The molecule has 3 aromatic rings. The van der Waals surface area contributed by atoms with Crippen LogP contribution in [0.4, 0.5) is 0 Å². The van der Waals surface area contributed by atoms with Crippen molar-refractivity contribution in [2.24, 2.45) is 0 Å². The molecule has 2 heterocycles. The van der Waals surface area contributed by atoms with Crippen molar-refractivity contribution >= 4 is 34.6 Å². The van der Waals surface area contributed by atoms with E-state index in [1.165, 1.54) is 4.88 Å². The van der Waals surface area contributed by atoms with Crippen LogP contribution in [0.25, 0.3) is 11.0 Å². The van der Waals surface area contributed by atoms with Gasteiger partial charge in [0.25, 0.3) is 0 Å². The molecule has 0 saturated carbocycles. The van der Waals surface area contributed by atoms with Crippen molar-refractivity contribution in [3.63, 3.8) is 0 Å². The molecule has 1 N–H and O–H groups in total. The first-order chi connectivity index (χ1) is 9.08. The van der Waals surface area contributed by atoms with Crippen molar-refractivity contribution in [2.45, 2.75) is 26.8 Å². The van der Waals surface area contributed by atoms with E-state index in [1.54, 1.807) is 11.3 Å². The van der Waals surface area contributed by atoms with E-state index in [4.69, 9.17) is 12.2 Å². The third-order valence-electron chi connectivity index (χ3n) is 3.33. The Kier molecular flexibility index (Phi) is 3.03. The van der Waals surface area contributed by atoms with E-state index < -0.39 is 0 Å². The van der Waals surface area contributed by atoms with Crippen molar-refractivity contribution in [2.75, 3.05) is 0 Å². The van der Waals surface area contributed by atoms with Crippen LogP contribution in [0.15, 0.2) is 24.3 Å². The Balaban J connectivity index is 2.22. The number of aromatic amines is 1. The summed E-state index contributed by atoms with van der Waals surface area (Å²) in [7, 11) is 0. The van der Waals surface area contributed by atoms with Crippen LogP contribution in [-0.4, -0.2) is 14.5 Å². The van der Waals surface area contributed by atoms with E-state index in [1.807, 2.05) is 19.1 Å². The smallest absolute Gasteiger partial charge is 0.178 e. The average molecular weight is 289 g/mol.